The normalized spacial score (nSPS) is 17.0. The minimum absolute atomic E-state index is 0.00116. The van der Waals surface area contributed by atoms with Crippen molar-refractivity contribution >= 4 is 25.7 Å². The van der Waals surface area contributed by atoms with Crippen molar-refractivity contribution in [3.8, 4) is 5.75 Å². The number of benzene rings is 2. The predicted octanol–water partition coefficient (Wildman–Crippen LogP) is 3.18. The van der Waals surface area contributed by atoms with E-state index in [-0.39, 0.29) is 29.3 Å². The number of hydrogen-bond donors (Lipinski definition) is 4. The van der Waals surface area contributed by atoms with Crippen LogP contribution in [0.15, 0.2) is 47.4 Å². The maximum atomic E-state index is 13.1. The number of hydrogen-bond acceptors (Lipinski definition) is 7. The van der Waals surface area contributed by atoms with Gasteiger partial charge in [0, 0.05) is 19.6 Å². The fourth-order valence-corrected chi connectivity index (χ4v) is 6.40. The number of phenols is 1. The molecule has 1 saturated heterocycles. The van der Waals surface area contributed by atoms with E-state index in [9.17, 15) is 27.0 Å². The molecule has 2 aromatic carbocycles. The summed E-state index contributed by atoms with van der Waals surface area (Å²) in [6.45, 7) is 8.16. The average molecular weight is 554 g/mol. The lowest BCUT2D eigenvalue weighted by Gasteiger charge is -2.31. The zero-order valence-electron chi connectivity index (χ0n) is 21.9. The Hall–Kier alpha value is -2.18. The van der Waals surface area contributed by atoms with Crippen LogP contribution in [0.3, 0.4) is 0 Å². The van der Waals surface area contributed by atoms with Crippen LogP contribution in [0, 0.1) is 5.92 Å². The Balaban J connectivity index is 1.50. The Kier molecular flexibility index (Phi) is 9.28. The van der Waals surface area contributed by atoms with E-state index in [2.05, 4.69) is 30.8 Å². The molecule has 3 rings (SSSR count). The Morgan fingerprint density at radius 1 is 1.05 bits per heavy atom. The molecule has 11 heteroatoms. The van der Waals surface area contributed by atoms with Crippen molar-refractivity contribution in [2.24, 2.45) is 5.92 Å². The van der Waals surface area contributed by atoms with E-state index in [0.717, 1.165) is 18.2 Å². The van der Waals surface area contributed by atoms with Crippen molar-refractivity contribution in [3.63, 3.8) is 0 Å². The van der Waals surface area contributed by atoms with Gasteiger partial charge in [-0.05, 0) is 72.5 Å². The molecule has 0 radical (unpaired) electrons. The first-order valence-corrected chi connectivity index (χ1v) is 15.9. The number of sulfonamides is 2. The van der Waals surface area contributed by atoms with Crippen LogP contribution in [0.2, 0.25) is 0 Å². The zero-order chi connectivity index (χ0) is 27.4. The van der Waals surface area contributed by atoms with E-state index < -0.39 is 26.2 Å². The fraction of sp³-hybridized carbons (Fsp3) is 0.538. The van der Waals surface area contributed by atoms with E-state index in [4.69, 9.17) is 0 Å². The third kappa shape index (κ3) is 7.67. The standard InChI is InChI=1S/C26H39N3O6S2/c1-5-26(2,3)21-7-9-22(10-8-21)37(34,35)29-14-12-19(13-15-29)17-27-18-25(31)20-6-11-24(30)23(16-20)28-36(4,32)33/h6-11,16,19,25,27-28,30-31H,5,12-15,17-18H2,1-4H3/t25-/m0/s1. The molecule has 0 amide bonds. The van der Waals surface area contributed by atoms with Crippen LogP contribution in [-0.4, -0.2) is 63.8 Å². The third-order valence-electron chi connectivity index (χ3n) is 7.20. The second-order valence-electron chi connectivity index (χ2n) is 10.4. The molecule has 9 nitrogen and oxygen atoms in total. The Morgan fingerprint density at radius 2 is 1.68 bits per heavy atom. The number of phenolic OH excluding ortho intramolecular Hbond substituents is 1. The highest BCUT2D eigenvalue weighted by molar-refractivity contribution is 7.92. The first-order valence-electron chi connectivity index (χ1n) is 12.5. The quantitative estimate of drug-likeness (QED) is 0.314. The van der Waals surface area contributed by atoms with Gasteiger partial charge in [0.1, 0.15) is 5.75 Å². The molecule has 1 aliphatic rings. The van der Waals surface area contributed by atoms with Gasteiger partial charge in [-0.2, -0.15) is 4.31 Å². The van der Waals surface area contributed by atoms with Crippen LogP contribution in [0.5, 0.6) is 5.75 Å². The summed E-state index contributed by atoms with van der Waals surface area (Å²) >= 11 is 0. The number of aliphatic hydroxyl groups is 1. The minimum atomic E-state index is -3.57. The fourth-order valence-electron chi connectivity index (χ4n) is 4.37. The summed E-state index contributed by atoms with van der Waals surface area (Å²) in [6.07, 6.45) is 2.48. The lowest BCUT2D eigenvalue weighted by molar-refractivity contribution is 0.169. The summed E-state index contributed by atoms with van der Waals surface area (Å²) in [6, 6.07) is 11.5. The molecule has 206 valence electrons. The summed E-state index contributed by atoms with van der Waals surface area (Å²) in [4.78, 5) is 0.321. The Labute approximate surface area is 221 Å². The number of nitrogens with one attached hydrogen (secondary N) is 2. The lowest BCUT2D eigenvalue weighted by Crippen LogP contribution is -2.41. The molecular weight excluding hydrogens is 514 g/mol. The van der Waals surface area contributed by atoms with Crippen LogP contribution >= 0.6 is 0 Å². The van der Waals surface area contributed by atoms with E-state index in [1.165, 1.54) is 18.2 Å². The molecule has 1 heterocycles. The van der Waals surface area contributed by atoms with Gasteiger partial charge in [-0.25, -0.2) is 16.8 Å². The second-order valence-corrected chi connectivity index (χ2v) is 14.1. The van der Waals surface area contributed by atoms with Crippen molar-refractivity contribution in [2.45, 2.75) is 56.4 Å². The highest BCUT2D eigenvalue weighted by atomic mass is 32.2. The van der Waals surface area contributed by atoms with Gasteiger partial charge in [-0.3, -0.25) is 4.72 Å². The Morgan fingerprint density at radius 3 is 2.24 bits per heavy atom. The molecule has 0 aliphatic carbocycles. The van der Waals surface area contributed by atoms with Crippen molar-refractivity contribution in [3.05, 3.63) is 53.6 Å². The summed E-state index contributed by atoms with van der Waals surface area (Å²) in [5.74, 6) is 0.0467. The third-order valence-corrected chi connectivity index (χ3v) is 9.71. The van der Waals surface area contributed by atoms with Gasteiger partial charge in [0.25, 0.3) is 0 Å². The molecule has 0 unspecified atom stereocenters. The highest BCUT2D eigenvalue weighted by Crippen LogP contribution is 2.30. The molecule has 0 bridgehead atoms. The molecule has 0 spiro atoms. The largest absolute Gasteiger partial charge is 0.506 e. The van der Waals surface area contributed by atoms with Gasteiger partial charge in [0.15, 0.2) is 0 Å². The van der Waals surface area contributed by atoms with Crippen molar-refractivity contribution in [2.75, 3.05) is 37.2 Å². The molecule has 1 fully saturated rings. The molecule has 1 atom stereocenters. The van der Waals surface area contributed by atoms with Gasteiger partial charge in [0.2, 0.25) is 20.0 Å². The SMILES string of the molecule is CCC(C)(C)c1ccc(S(=O)(=O)N2CCC(CNC[C@H](O)c3ccc(O)c(NS(C)(=O)=O)c3)CC2)cc1. The monoisotopic (exact) mass is 553 g/mol. The van der Waals surface area contributed by atoms with Crippen LogP contribution in [0.1, 0.15) is 57.3 Å². The van der Waals surface area contributed by atoms with Crippen LogP contribution in [0.4, 0.5) is 5.69 Å². The number of aliphatic hydroxyl groups excluding tert-OH is 1. The molecule has 0 aromatic heterocycles. The van der Waals surface area contributed by atoms with E-state index in [1.54, 1.807) is 16.4 Å². The van der Waals surface area contributed by atoms with Crippen molar-refractivity contribution in [1.29, 1.82) is 0 Å². The van der Waals surface area contributed by atoms with E-state index >= 15 is 0 Å². The maximum Gasteiger partial charge on any atom is 0.243 e. The number of aromatic hydroxyl groups is 1. The van der Waals surface area contributed by atoms with Crippen LogP contribution < -0.4 is 10.0 Å². The highest BCUT2D eigenvalue weighted by Gasteiger charge is 2.30. The van der Waals surface area contributed by atoms with Crippen LogP contribution in [0.25, 0.3) is 0 Å². The molecule has 4 N–H and O–H groups in total. The van der Waals surface area contributed by atoms with E-state index in [1.807, 2.05) is 12.1 Å². The smallest absolute Gasteiger partial charge is 0.243 e. The Bertz CT molecular complexity index is 1270. The lowest BCUT2D eigenvalue weighted by atomic mass is 9.82. The minimum Gasteiger partial charge on any atom is -0.506 e. The summed E-state index contributed by atoms with van der Waals surface area (Å²) in [7, 11) is -7.11. The number of rotatable bonds is 11. The summed E-state index contributed by atoms with van der Waals surface area (Å²) < 4.78 is 53.0. The van der Waals surface area contributed by atoms with Gasteiger partial charge < -0.3 is 15.5 Å². The van der Waals surface area contributed by atoms with E-state index in [0.29, 0.717) is 42.9 Å². The van der Waals surface area contributed by atoms with Crippen LogP contribution in [-0.2, 0) is 25.5 Å². The van der Waals surface area contributed by atoms with Crippen molar-refractivity contribution < 1.29 is 27.0 Å². The number of anilines is 1. The average Bonchev–Trinajstić information content (AvgIpc) is 2.85. The van der Waals surface area contributed by atoms with Gasteiger partial charge >= 0.3 is 0 Å². The molecule has 0 saturated carbocycles. The first-order chi connectivity index (χ1) is 17.2. The second kappa shape index (κ2) is 11.7. The predicted molar refractivity (Wildman–Crippen MR) is 146 cm³/mol. The van der Waals surface area contributed by atoms with Gasteiger partial charge in [-0.1, -0.05) is 39.0 Å². The molecular formula is C26H39N3O6S2. The molecule has 1 aliphatic heterocycles. The number of piperidine rings is 1. The summed E-state index contributed by atoms with van der Waals surface area (Å²) in [5.41, 5.74) is 1.59. The molecule has 2 aromatic rings. The number of nitrogens with zero attached hydrogens (tertiary/aromatic N) is 1. The maximum absolute atomic E-state index is 13.1. The van der Waals surface area contributed by atoms with Gasteiger partial charge in [0.05, 0.1) is 22.9 Å². The molecule has 37 heavy (non-hydrogen) atoms. The zero-order valence-corrected chi connectivity index (χ0v) is 23.6. The van der Waals surface area contributed by atoms with Crippen molar-refractivity contribution in [1.82, 2.24) is 9.62 Å². The first kappa shape index (κ1) is 29.4. The van der Waals surface area contributed by atoms with Gasteiger partial charge in [-0.15, -0.1) is 0 Å². The summed E-state index contributed by atoms with van der Waals surface area (Å²) in [5, 5.41) is 23.6. The topological polar surface area (TPSA) is 136 Å².